The van der Waals surface area contributed by atoms with E-state index in [-0.39, 0.29) is 16.8 Å². The summed E-state index contributed by atoms with van der Waals surface area (Å²) in [5.41, 5.74) is 0.723. The Balaban J connectivity index is 2.01. The first-order valence-corrected chi connectivity index (χ1v) is 10.3. The lowest BCUT2D eigenvalue weighted by Crippen LogP contribution is -2.47. The first kappa shape index (κ1) is 19.7. The molecule has 25 heavy (non-hydrogen) atoms. The van der Waals surface area contributed by atoms with Crippen molar-refractivity contribution in [2.24, 2.45) is 0 Å². The zero-order chi connectivity index (χ0) is 18.4. The van der Waals surface area contributed by atoms with Crippen molar-refractivity contribution in [2.75, 3.05) is 7.11 Å². The summed E-state index contributed by atoms with van der Waals surface area (Å²) in [4.78, 5) is 12.5. The number of carbonyl (C=O) groups excluding carboxylic acids is 1. The molecule has 0 bridgehead atoms. The highest BCUT2D eigenvalue weighted by atomic mass is 32.2. The van der Waals surface area contributed by atoms with Gasteiger partial charge in [-0.25, -0.2) is 8.42 Å². The van der Waals surface area contributed by atoms with Gasteiger partial charge in [-0.1, -0.05) is 25.7 Å². The van der Waals surface area contributed by atoms with Crippen molar-refractivity contribution in [1.29, 1.82) is 0 Å². The molecule has 2 N–H and O–H groups in total. The van der Waals surface area contributed by atoms with Crippen molar-refractivity contribution in [3.8, 4) is 5.75 Å². The molecule has 0 unspecified atom stereocenters. The highest BCUT2D eigenvalue weighted by Crippen LogP contribution is 2.21. The summed E-state index contributed by atoms with van der Waals surface area (Å²) in [6.07, 6.45) is 6.54. The van der Waals surface area contributed by atoms with Crippen LogP contribution in [-0.2, 0) is 14.8 Å². The van der Waals surface area contributed by atoms with E-state index in [0.29, 0.717) is 5.75 Å². The van der Waals surface area contributed by atoms with Crippen molar-refractivity contribution >= 4 is 15.9 Å². The van der Waals surface area contributed by atoms with Gasteiger partial charge in [0, 0.05) is 6.04 Å². The van der Waals surface area contributed by atoms with Crippen LogP contribution in [0.1, 0.15) is 51.0 Å². The molecule has 1 aromatic carbocycles. The second-order valence-corrected chi connectivity index (χ2v) is 8.39. The van der Waals surface area contributed by atoms with Gasteiger partial charge in [0.15, 0.2) is 0 Å². The molecule has 0 radical (unpaired) electrons. The smallest absolute Gasteiger partial charge is 0.241 e. The molecule has 1 atom stereocenters. The number of benzene rings is 1. The SMILES string of the molecule is COc1ccc(S(=O)(=O)N[C@@H](C)C(=O)NC2CCCCCC2)cc1C. The number of nitrogens with one attached hydrogen (secondary N) is 2. The third-order valence-corrected chi connectivity index (χ3v) is 6.14. The molecule has 2 rings (SSSR count). The monoisotopic (exact) mass is 368 g/mol. The molecule has 1 aromatic rings. The van der Waals surface area contributed by atoms with E-state index in [1.807, 2.05) is 0 Å². The predicted octanol–water partition coefficient (Wildman–Crippen LogP) is 2.51. The van der Waals surface area contributed by atoms with Gasteiger partial charge >= 0.3 is 0 Å². The van der Waals surface area contributed by atoms with Crippen LogP contribution in [0.5, 0.6) is 5.75 Å². The summed E-state index contributed by atoms with van der Waals surface area (Å²) in [7, 11) is -2.23. The van der Waals surface area contributed by atoms with Crippen molar-refractivity contribution < 1.29 is 17.9 Å². The van der Waals surface area contributed by atoms with E-state index in [2.05, 4.69) is 10.0 Å². The van der Waals surface area contributed by atoms with Gasteiger partial charge in [-0.15, -0.1) is 0 Å². The summed E-state index contributed by atoms with van der Waals surface area (Å²) < 4.78 is 32.6. The van der Waals surface area contributed by atoms with E-state index >= 15 is 0 Å². The molecular weight excluding hydrogens is 340 g/mol. The third kappa shape index (κ3) is 5.44. The van der Waals surface area contributed by atoms with Crippen LogP contribution in [0.25, 0.3) is 0 Å². The van der Waals surface area contributed by atoms with Gasteiger partial charge in [0.1, 0.15) is 5.75 Å². The molecule has 1 fully saturated rings. The van der Waals surface area contributed by atoms with Crippen LogP contribution >= 0.6 is 0 Å². The number of hydrogen-bond acceptors (Lipinski definition) is 4. The summed E-state index contributed by atoms with van der Waals surface area (Å²) in [6.45, 7) is 3.35. The van der Waals surface area contributed by atoms with E-state index < -0.39 is 16.1 Å². The molecule has 1 aliphatic rings. The van der Waals surface area contributed by atoms with E-state index in [1.54, 1.807) is 19.9 Å². The molecule has 140 valence electrons. The first-order chi connectivity index (χ1) is 11.8. The van der Waals surface area contributed by atoms with Crippen LogP contribution in [0.15, 0.2) is 23.1 Å². The second-order valence-electron chi connectivity index (χ2n) is 6.67. The molecule has 0 heterocycles. The Morgan fingerprint density at radius 3 is 2.40 bits per heavy atom. The molecule has 7 heteroatoms. The molecule has 0 saturated heterocycles. The minimum absolute atomic E-state index is 0.125. The Labute approximate surface area is 150 Å². The number of methoxy groups -OCH3 is 1. The van der Waals surface area contributed by atoms with Crippen LogP contribution in [0.2, 0.25) is 0 Å². The zero-order valence-corrected chi connectivity index (χ0v) is 16.0. The zero-order valence-electron chi connectivity index (χ0n) is 15.2. The Bertz CT molecular complexity index is 695. The molecule has 1 aliphatic carbocycles. The minimum atomic E-state index is -3.77. The number of hydrogen-bond donors (Lipinski definition) is 2. The number of aryl methyl sites for hydroxylation is 1. The third-order valence-electron chi connectivity index (χ3n) is 4.60. The van der Waals surface area contributed by atoms with Crippen LogP contribution in [-0.4, -0.2) is 33.5 Å². The number of amides is 1. The van der Waals surface area contributed by atoms with Crippen LogP contribution in [0.4, 0.5) is 0 Å². The normalized spacial score (nSPS) is 17.6. The number of rotatable bonds is 6. The van der Waals surface area contributed by atoms with Gasteiger partial charge in [0.05, 0.1) is 18.0 Å². The maximum atomic E-state index is 12.5. The van der Waals surface area contributed by atoms with Gasteiger partial charge in [-0.05, 0) is 50.5 Å². The number of carbonyl (C=O) groups is 1. The summed E-state index contributed by atoms with van der Waals surface area (Å²) >= 11 is 0. The van der Waals surface area contributed by atoms with Crippen molar-refractivity contribution in [3.63, 3.8) is 0 Å². The summed E-state index contributed by atoms with van der Waals surface area (Å²) in [5.74, 6) is 0.346. The van der Waals surface area contributed by atoms with E-state index in [0.717, 1.165) is 31.2 Å². The highest BCUT2D eigenvalue weighted by Gasteiger charge is 2.24. The minimum Gasteiger partial charge on any atom is -0.496 e. The fraction of sp³-hybridized carbons (Fsp3) is 0.611. The summed E-state index contributed by atoms with van der Waals surface area (Å²) in [5, 5.41) is 2.98. The van der Waals surface area contributed by atoms with Gasteiger partial charge in [-0.2, -0.15) is 4.72 Å². The maximum Gasteiger partial charge on any atom is 0.241 e. The van der Waals surface area contributed by atoms with Gasteiger partial charge in [-0.3, -0.25) is 4.79 Å². The van der Waals surface area contributed by atoms with E-state index in [9.17, 15) is 13.2 Å². The maximum absolute atomic E-state index is 12.5. The Kier molecular flexibility index (Phi) is 6.84. The van der Waals surface area contributed by atoms with Gasteiger partial charge in [0.25, 0.3) is 0 Å². The molecule has 0 spiro atoms. The lowest BCUT2D eigenvalue weighted by molar-refractivity contribution is -0.123. The largest absolute Gasteiger partial charge is 0.496 e. The Morgan fingerprint density at radius 2 is 1.84 bits per heavy atom. The van der Waals surface area contributed by atoms with Crippen LogP contribution in [0.3, 0.4) is 0 Å². The van der Waals surface area contributed by atoms with Crippen LogP contribution in [0, 0.1) is 6.92 Å². The fourth-order valence-corrected chi connectivity index (χ4v) is 4.41. The molecule has 6 nitrogen and oxygen atoms in total. The van der Waals surface area contributed by atoms with Gasteiger partial charge < -0.3 is 10.1 Å². The second kappa shape index (κ2) is 8.67. The average molecular weight is 368 g/mol. The molecular formula is C18H28N2O4S. The number of sulfonamides is 1. The first-order valence-electron chi connectivity index (χ1n) is 8.81. The highest BCUT2D eigenvalue weighted by molar-refractivity contribution is 7.89. The summed E-state index contributed by atoms with van der Waals surface area (Å²) in [6, 6.07) is 3.95. The standard InChI is InChI=1S/C18H28N2O4S/c1-13-12-16(10-11-17(13)24-3)25(22,23)20-14(2)18(21)19-15-8-6-4-5-7-9-15/h10-12,14-15,20H,4-9H2,1-3H3,(H,19,21)/t14-/m0/s1. The van der Waals surface area contributed by atoms with Crippen molar-refractivity contribution in [2.45, 2.75) is 69.4 Å². The van der Waals surface area contributed by atoms with E-state index in [4.69, 9.17) is 4.74 Å². The molecule has 0 aromatic heterocycles. The lowest BCUT2D eigenvalue weighted by atomic mass is 10.1. The van der Waals surface area contributed by atoms with E-state index in [1.165, 1.54) is 32.1 Å². The predicted molar refractivity (Wildman–Crippen MR) is 97.1 cm³/mol. The quantitative estimate of drug-likeness (QED) is 0.756. The molecule has 1 amide bonds. The van der Waals surface area contributed by atoms with Crippen molar-refractivity contribution in [3.05, 3.63) is 23.8 Å². The van der Waals surface area contributed by atoms with Crippen LogP contribution < -0.4 is 14.8 Å². The molecule has 1 saturated carbocycles. The fourth-order valence-electron chi connectivity index (χ4n) is 3.12. The number of ether oxygens (including phenoxy) is 1. The Morgan fingerprint density at radius 1 is 1.20 bits per heavy atom. The molecule has 0 aliphatic heterocycles. The Hall–Kier alpha value is -1.60. The van der Waals surface area contributed by atoms with Gasteiger partial charge in [0.2, 0.25) is 15.9 Å². The average Bonchev–Trinajstić information content (AvgIpc) is 2.83. The topological polar surface area (TPSA) is 84.5 Å². The lowest BCUT2D eigenvalue weighted by Gasteiger charge is -2.20. The van der Waals surface area contributed by atoms with Crippen molar-refractivity contribution in [1.82, 2.24) is 10.0 Å².